The summed E-state index contributed by atoms with van der Waals surface area (Å²) in [5.74, 6) is -0.519. The van der Waals surface area contributed by atoms with Crippen molar-refractivity contribution in [3.05, 3.63) is 85.3 Å². The third-order valence-electron chi connectivity index (χ3n) is 7.96. The average molecular weight is 764 g/mol. The van der Waals surface area contributed by atoms with Crippen LogP contribution in [0.5, 0.6) is 0 Å². The molecule has 0 aliphatic carbocycles. The minimum atomic E-state index is -4.35. The van der Waals surface area contributed by atoms with Crippen molar-refractivity contribution < 1.29 is 37.9 Å². The quantitative estimate of drug-likeness (QED) is 0.0141. The molecule has 4 N–H and O–H groups in total. The van der Waals surface area contributed by atoms with Crippen molar-refractivity contribution in [2.75, 3.05) is 26.4 Å². The Labute approximate surface area is 322 Å². The van der Waals surface area contributed by atoms with Crippen molar-refractivity contribution in [2.45, 2.75) is 154 Å². The van der Waals surface area contributed by atoms with Crippen molar-refractivity contribution >= 4 is 13.8 Å². The summed E-state index contributed by atoms with van der Waals surface area (Å²) < 4.78 is 32.9. The Bertz CT molecular complexity index is 1100. The Hall–Kier alpha value is -2.52. The molecule has 0 saturated heterocycles. The number of hydrogen-bond donors (Lipinski definition) is 3. The van der Waals surface area contributed by atoms with E-state index in [1.54, 1.807) is 18.4 Å². The molecule has 0 saturated carbocycles. The average Bonchev–Trinajstić information content (AvgIpc) is 3.14. The summed E-state index contributed by atoms with van der Waals surface area (Å²) in [6, 6.07) is 0. The number of rotatable bonds is 37. The monoisotopic (exact) mass is 764 g/mol. The highest BCUT2D eigenvalue weighted by molar-refractivity contribution is 7.47. The summed E-state index contributed by atoms with van der Waals surface area (Å²) in [5.41, 5.74) is 5.34. The number of phosphoric ester groups is 1. The van der Waals surface area contributed by atoms with E-state index >= 15 is 0 Å². The van der Waals surface area contributed by atoms with E-state index in [1.165, 1.54) is 57.8 Å². The number of carbonyl (C=O) groups excluding carboxylic acids is 1. The topological polar surface area (TPSA) is 138 Å². The number of carbonyl (C=O) groups is 1. The Balaban J connectivity index is 4.37. The third kappa shape index (κ3) is 39.0. The first-order chi connectivity index (χ1) is 25.8. The van der Waals surface area contributed by atoms with Crippen molar-refractivity contribution in [3.8, 4) is 0 Å². The van der Waals surface area contributed by atoms with Gasteiger partial charge in [0.15, 0.2) is 6.10 Å². The number of esters is 1. The molecule has 0 aromatic carbocycles. The first-order valence-electron chi connectivity index (χ1n) is 20.2. The number of nitrogens with two attached hydrogens (primary N) is 1. The second kappa shape index (κ2) is 39.2. The van der Waals surface area contributed by atoms with Gasteiger partial charge in [0.25, 0.3) is 0 Å². The highest BCUT2D eigenvalue weighted by atomic mass is 31.2. The van der Waals surface area contributed by atoms with Crippen LogP contribution >= 0.6 is 7.82 Å². The molecule has 0 spiro atoms. The predicted molar refractivity (Wildman–Crippen MR) is 220 cm³/mol. The maximum atomic E-state index is 12.5. The molecule has 304 valence electrons. The number of ether oxygens (including phenoxy) is 2. The molecular weight excluding hydrogens is 689 g/mol. The molecule has 0 aromatic heterocycles. The molecule has 0 aliphatic rings. The summed E-state index contributed by atoms with van der Waals surface area (Å²) in [5, 5.41) is 10.3. The van der Waals surface area contributed by atoms with Gasteiger partial charge in [-0.2, -0.15) is 0 Å². The molecular formula is C43H74NO8P. The normalized spacial score (nSPS) is 15.0. The number of aliphatic hydroxyl groups is 1. The van der Waals surface area contributed by atoms with E-state index in [0.29, 0.717) is 12.8 Å². The highest BCUT2D eigenvalue weighted by Crippen LogP contribution is 2.43. The summed E-state index contributed by atoms with van der Waals surface area (Å²) in [7, 11) is -4.35. The number of phosphoric acid groups is 1. The van der Waals surface area contributed by atoms with E-state index in [-0.39, 0.29) is 32.8 Å². The summed E-state index contributed by atoms with van der Waals surface area (Å²) in [6.07, 6.45) is 47.2. The number of unbranched alkanes of at least 4 members (excludes halogenated alkanes) is 11. The van der Waals surface area contributed by atoms with Gasteiger partial charge in [-0.3, -0.25) is 13.8 Å². The molecule has 0 aliphatic heterocycles. The second-order valence-electron chi connectivity index (χ2n) is 13.0. The number of aliphatic hydroxyl groups excluding tert-OH is 1. The molecule has 0 radical (unpaired) electrons. The minimum absolute atomic E-state index is 0.0512. The van der Waals surface area contributed by atoms with Gasteiger partial charge >= 0.3 is 13.8 Å². The lowest BCUT2D eigenvalue weighted by Gasteiger charge is -2.19. The van der Waals surface area contributed by atoms with Gasteiger partial charge in [0.05, 0.1) is 25.6 Å². The smallest absolute Gasteiger partial charge is 0.472 e. The molecule has 0 amide bonds. The molecule has 0 fully saturated rings. The van der Waals surface area contributed by atoms with Gasteiger partial charge in [-0.25, -0.2) is 4.57 Å². The SMILES string of the molecule is CC/C=C\C/C=C\C/C=C\C/C=C\C=C\C(O)CCCC(=O)O[C@H](CO/C=C/CCCCCC/C=C\CCCCCCCC)COP(=O)(O)OCCN. The van der Waals surface area contributed by atoms with Crippen LogP contribution in [-0.4, -0.2) is 54.5 Å². The fourth-order valence-corrected chi connectivity index (χ4v) is 5.75. The van der Waals surface area contributed by atoms with Gasteiger partial charge in [-0.1, -0.05) is 132 Å². The van der Waals surface area contributed by atoms with Gasteiger partial charge in [-0.05, 0) is 83.1 Å². The second-order valence-corrected chi connectivity index (χ2v) is 14.5. The van der Waals surface area contributed by atoms with Crippen LogP contribution in [0.25, 0.3) is 0 Å². The van der Waals surface area contributed by atoms with Gasteiger partial charge < -0.3 is 25.2 Å². The maximum Gasteiger partial charge on any atom is 0.472 e. The van der Waals surface area contributed by atoms with E-state index in [9.17, 15) is 19.4 Å². The van der Waals surface area contributed by atoms with Gasteiger partial charge in [-0.15, -0.1) is 0 Å². The van der Waals surface area contributed by atoms with Crippen LogP contribution in [-0.2, 0) is 27.9 Å². The van der Waals surface area contributed by atoms with Crippen molar-refractivity contribution in [3.63, 3.8) is 0 Å². The fourth-order valence-electron chi connectivity index (χ4n) is 4.98. The Morgan fingerprint density at radius 2 is 1.28 bits per heavy atom. The van der Waals surface area contributed by atoms with E-state index in [0.717, 1.165) is 51.4 Å². The zero-order valence-electron chi connectivity index (χ0n) is 33.1. The van der Waals surface area contributed by atoms with Crippen LogP contribution in [0, 0.1) is 0 Å². The molecule has 0 bridgehead atoms. The number of allylic oxidation sites excluding steroid dienone is 12. The van der Waals surface area contributed by atoms with Crippen LogP contribution in [0.15, 0.2) is 85.3 Å². The lowest BCUT2D eigenvalue weighted by Crippen LogP contribution is -2.28. The van der Waals surface area contributed by atoms with E-state index in [2.05, 4.69) is 62.5 Å². The van der Waals surface area contributed by atoms with Crippen LogP contribution in [0.3, 0.4) is 0 Å². The maximum absolute atomic E-state index is 12.5. The molecule has 9 nitrogen and oxygen atoms in total. The van der Waals surface area contributed by atoms with Crippen LogP contribution in [0.2, 0.25) is 0 Å². The van der Waals surface area contributed by atoms with Gasteiger partial charge in [0, 0.05) is 13.0 Å². The van der Waals surface area contributed by atoms with Crippen molar-refractivity contribution in [1.82, 2.24) is 0 Å². The molecule has 0 aromatic rings. The predicted octanol–water partition coefficient (Wildman–Crippen LogP) is 11.1. The highest BCUT2D eigenvalue weighted by Gasteiger charge is 2.25. The largest absolute Gasteiger partial charge is 0.498 e. The molecule has 10 heteroatoms. The molecule has 3 atom stereocenters. The van der Waals surface area contributed by atoms with Crippen molar-refractivity contribution in [1.29, 1.82) is 0 Å². The fraction of sp³-hybridized carbons (Fsp3) is 0.651. The van der Waals surface area contributed by atoms with E-state index < -0.39 is 26.0 Å². The Morgan fingerprint density at radius 3 is 1.91 bits per heavy atom. The summed E-state index contributed by atoms with van der Waals surface area (Å²) in [6.45, 7) is 3.85. The summed E-state index contributed by atoms with van der Waals surface area (Å²) in [4.78, 5) is 22.4. The molecule has 53 heavy (non-hydrogen) atoms. The molecule has 2 unspecified atom stereocenters. The molecule has 0 rings (SSSR count). The van der Waals surface area contributed by atoms with Crippen LogP contribution < -0.4 is 5.73 Å². The van der Waals surface area contributed by atoms with E-state index in [4.69, 9.17) is 24.3 Å². The van der Waals surface area contributed by atoms with Gasteiger partial charge in [0.1, 0.15) is 6.61 Å². The Kier molecular flexibility index (Phi) is 37.3. The third-order valence-corrected chi connectivity index (χ3v) is 8.95. The molecule has 0 heterocycles. The Morgan fingerprint density at radius 1 is 0.698 bits per heavy atom. The standard InChI is InChI=1S/C43H74NO8P/c1-3-5-7-9-11-13-15-17-18-19-21-23-25-27-29-31-37-49-39-42(40-51-53(47,48)50-38-36-44)52-43(46)35-32-34-41(45)33-30-28-26-24-22-20-16-14-12-10-8-6-4-2/h6,8,12,14,17-18,20,22,26,28,30-31,33,37,41-42,45H,3-5,7,9-11,13,15-16,19,21,23-25,27,29,32,34-36,38-40,44H2,1-2H3,(H,47,48)/b8-6-,14-12-,18-17-,22-20-,28-26-,33-30+,37-31+/t41?,42-/m1/s1. The van der Waals surface area contributed by atoms with E-state index in [1.807, 2.05) is 18.2 Å². The lowest BCUT2D eigenvalue weighted by atomic mass is 10.1. The van der Waals surface area contributed by atoms with Crippen molar-refractivity contribution in [2.24, 2.45) is 5.73 Å². The van der Waals surface area contributed by atoms with Gasteiger partial charge in [0.2, 0.25) is 0 Å². The van der Waals surface area contributed by atoms with Crippen LogP contribution in [0.1, 0.15) is 142 Å². The summed E-state index contributed by atoms with van der Waals surface area (Å²) >= 11 is 0. The zero-order chi connectivity index (χ0) is 38.9. The number of hydrogen-bond acceptors (Lipinski definition) is 8. The first-order valence-corrected chi connectivity index (χ1v) is 21.7. The van der Waals surface area contributed by atoms with Crippen LogP contribution in [0.4, 0.5) is 0 Å². The zero-order valence-corrected chi connectivity index (χ0v) is 34.0. The lowest BCUT2D eigenvalue weighted by molar-refractivity contribution is -0.153. The first kappa shape index (κ1) is 50.5. The minimum Gasteiger partial charge on any atom is -0.498 e.